The molecule has 0 radical (unpaired) electrons. The van der Waals surface area contributed by atoms with Crippen LogP contribution in [0.25, 0.3) is 0 Å². The maximum Gasteiger partial charge on any atom is 0.255 e. The molecule has 0 bridgehead atoms. The molecule has 1 aliphatic rings. The molecule has 3 N–H and O–H groups in total. The van der Waals surface area contributed by atoms with Crippen LogP contribution in [-0.4, -0.2) is 30.1 Å². The van der Waals surface area contributed by atoms with Crippen molar-refractivity contribution in [1.82, 2.24) is 10.6 Å². The molecular formula is C13H18N2O2. The normalized spacial score (nSPS) is 19.9. The summed E-state index contributed by atoms with van der Waals surface area (Å²) in [6.07, 6.45) is 2.07. The van der Waals surface area contributed by atoms with E-state index in [-0.39, 0.29) is 17.7 Å². The molecule has 0 spiro atoms. The van der Waals surface area contributed by atoms with E-state index in [0.29, 0.717) is 5.56 Å². The van der Waals surface area contributed by atoms with Crippen molar-refractivity contribution >= 4 is 5.91 Å². The van der Waals surface area contributed by atoms with Gasteiger partial charge < -0.3 is 15.7 Å². The maximum atomic E-state index is 11.9. The first-order chi connectivity index (χ1) is 8.16. The Hall–Kier alpha value is -1.55. The fraction of sp³-hybridized carbons (Fsp3) is 0.462. The summed E-state index contributed by atoms with van der Waals surface area (Å²) < 4.78 is 0. The lowest BCUT2D eigenvalue weighted by Crippen LogP contribution is -2.45. The number of hydrogen-bond donors (Lipinski definition) is 3. The van der Waals surface area contributed by atoms with E-state index >= 15 is 0 Å². The third kappa shape index (κ3) is 2.97. The molecule has 4 heteroatoms. The minimum absolute atomic E-state index is 0.0475. The van der Waals surface area contributed by atoms with Crippen molar-refractivity contribution in [3.8, 4) is 5.75 Å². The van der Waals surface area contributed by atoms with Crippen molar-refractivity contribution in [1.29, 1.82) is 0 Å². The van der Waals surface area contributed by atoms with Gasteiger partial charge in [-0.15, -0.1) is 0 Å². The lowest BCUT2D eigenvalue weighted by atomic mass is 10.1. The number of piperidine rings is 1. The number of amides is 1. The second kappa shape index (κ2) is 5.19. The van der Waals surface area contributed by atoms with E-state index in [9.17, 15) is 9.90 Å². The Morgan fingerprint density at radius 2 is 2.35 bits per heavy atom. The molecule has 1 heterocycles. The lowest BCUT2D eigenvalue weighted by Gasteiger charge is -2.23. The van der Waals surface area contributed by atoms with Gasteiger partial charge in [0.2, 0.25) is 0 Å². The van der Waals surface area contributed by atoms with E-state index in [0.717, 1.165) is 31.5 Å². The van der Waals surface area contributed by atoms with Crippen LogP contribution in [0.2, 0.25) is 0 Å². The van der Waals surface area contributed by atoms with Gasteiger partial charge in [-0.25, -0.2) is 0 Å². The predicted octanol–water partition coefficient (Wildman–Crippen LogP) is 1.18. The number of rotatable bonds is 2. The van der Waals surface area contributed by atoms with E-state index in [1.807, 2.05) is 13.0 Å². The number of phenolic OH excluding ortho intramolecular Hbond substituents is 1. The van der Waals surface area contributed by atoms with Crippen molar-refractivity contribution in [2.45, 2.75) is 25.8 Å². The summed E-state index contributed by atoms with van der Waals surface area (Å²) in [4.78, 5) is 11.9. The van der Waals surface area contributed by atoms with Crippen molar-refractivity contribution in [3.63, 3.8) is 0 Å². The Labute approximate surface area is 101 Å². The molecule has 1 aromatic carbocycles. The number of carbonyl (C=O) groups is 1. The van der Waals surface area contributed by atoms with Crippen LogP contribution in [-0.2, 0) is 0 Å². The van der Waals surface area contributed by atoms with Gasteiger partial charge in [-0.3, -0.25) is 4.79 Å². The molecule has 0 aliphatic carbocycles. The average Bonchev–Trinajstić information content (AvgIpc) is 2.30. The van der Waals surface area contributed by atoms with Crippen LogP contribution in [0.4, 0.5) is 0 Å². The highest BCUT2D eigenvalue weighted by molar-refractivity contribution is 5.97. The lowest BCUT2D eigenvalue weighted by molar-refractivity contribution is 0.0928. The van der Waals surface area contributed by atoms with Crippen LogP contribution in [0.3, 0.4) is 0 Å². The quantitative estimate of drug-likeness (QED) is 0.720. The number of carbonyl (C=O) groups excluding carboxylic acids is 1. The SMILES string of the molecule is Cc1ccc(C(=O)NC2CCCNC2)c(O)c1. The van der Waals surface area contributed by atoms with Gasteiger partial charge in [0.15, 0.2) is 0 Å². The molecule has 0 aromatic heterocycles. The summed E-state index contributed by atoms with van der Waals surface area (Å²) in [5.41, 5.74) is 1.29. The van der Waals surface area contributed by atoms with Gasteiger partial charge in [-0.1, -0.05) is 6.07 Å². The number of nitrogens with one attached hydrogen (secondary N) is 2. The molecule has 1 unspecified atom stereocenters. The number of aryl methyl sites for hydroxylation is 1. The Morgan fingerprint density at radius 3 is 3.00 bits per heavy atom. The number of benzene rings is 1. The van der Waals surface area contributed by atoms with E-state index in [1.165, 1.54) is 0 Å². The molecule has 1 saturated heterocycles. The zero-order valence-electron chi connectivity index (χ0n) is 9.99. The van der Waals surface area contributed by atoms with Gasteiger partial charge in [-0.05, 0) is 44.0 Å². The minimum atomic E-state index is -0.198. The van der Waals surface area contributed by atoms with E-state index < -0.39 is 0 Å². The maximum absolute atomic E-state index is 11.9. The molecule has 2 rings (SSSR count). The summed E-state index contributed by atoms with van der Waals surface area (Å²) in [6.45, 7) is 3.70. The predicted molar refractivity (Wildman–Crippen MR) is 66.2 cm³/mol. The zero-order chi connectivity index (χ0) is 12.3. The van der Waals surface area contributed by atoms with Gasteiger partial charge in [0.1, 0.15) is 5.75 Å². The molecule has 1 aliphatic heterocycles. The Kier molecular flexibility index (Phi) is 3.64. The summed E-state index contributed by atoms with van der Waals surface area (Å²) >= 11 is 0. The van der Waals surface area contributed by atoms with E-state index in [4.69, 9.17) is 0 Å². The number of phenols is 1. The third-order valence-corrected chi connectivity index (χ3v) is 3.03. The van der Waals surface area contributed by atoms with Crippen molar-refractivity contribution in [2.75, 3.05) is 13.1 Å². The molecule has 1 amide bonds. The molecule has 0 saturated carbocycles. The number of aromatic hydroxyl groups is 1. The molecule has 1 fully saturated rings. The van der Waals surface area contributed by atoms with Crippen LogP contribution in [0.15, 0.2) is 18.2 Å². The highest BCUT2D eigenvalue weighted by Crippen LogP contribution is 2.18. The van der Waals surface area contributed by atoms with Crippen LogP contribution in [0.5, 0.6) is 5.75 Å². The van der Waals surface area contributed by atoms with Crippen LogP contribution >= 0.6 is 0 Å². The molecule has 1 atom stereocenters. The van der Waals surface area contributed by atoms with Gasteiger partial charge in [0, 0.05) is 12.6 Å². The second-order valence-corrected chi connectivity index (χ2v) is 4.54. The van der Waals surface area contributed by atoms with Gasteiger partial charge in [-0.2, -0.15) is 0 Å². The molecule has 17 heavy (non-hydrogen) atoms. The minimum Gasteiger partial charge on any atom is -0.507 e. The highest BCUT2D eigenvalue weighted by Gasteiger charge is 2.18. The highest BCUT2D eigenvalue weighted by atomic mass is 16.3. The first-order valence-electron chi connectivity index (χ1n) is 5.98. The Balaban J connectivity index is 2.03. The molecule has 1 aromatic rings. The van der Waals surface area contributed by atoms with Crippen molar-refractivity contribution in [3.05, 3.63) is 29.3 Å². The van der Waals surface area contributed by atoms with Crippen LogP contribution in [0.1, 0.15) is 28.8 Å². The second-order valence-electron chi connectivity index (χ2n) is 4.54. The van der Waals surface area contributed by atoms with E-state index in [2.05, 4.69) is 10.6 Å². The fourth-order valence-corrected chi connectivity index (χ4v) is 2.07. The topological polar surface area (TPSA) is 61.4 Å². The summed E-state index contributed by atoms with van der Waals surface area (Å²) in [5.74, 6) is -0.150. The Morgan fingerprint density at radius 1 is 1.53 bits per heavy atom. The molecular weight excluding hydrogens is 216 g/mol. The average molecular weight is 234 g/mol. The summed E-state index contributed by atoms with van der Waals surface area (Å²) in [5, 5.41) is 15.9. The van der Waals surface area contributed by atoms with Crippen LogP contribution in [0, 0.1) is 6.92 Å². The Bertz CT molecular complexity index is 412. The standard InChI is InChI=1S/C13H18N2O2/c1-9-4-5-11(12(16)7-9)13(17)15-10-3-2-6-14-8-10/h4-5,7,10,14,16H,2-3,6,8H2,1H3,(H,15,17). The largest absolute Gasteiger partial charge is 0.507 e. The van der Waals surface area contributed by atoms with Gasteiger partial charge in [0.25, 0.3) is 5.91 Å². The smallest absolute Gasteiger partial charge is 0.255 e. The third-order valence-electron chi connectivity index (χ3n) is 3.03. The fourth-order valence-electron chi connectivity index (χ4n) is 2.07. The van der Waals surface area contributed by atoms with Crippen molar-refractivity contribution < 1.29 is 9.90 Å². The molecule has 92 valence electrons. The zero-order valence-corrected chi connectivity index (χ0v) is 9.99. The first-order valence-corrected chi connectivity index (χ1v) is 5.98. The monoisotopic (exact) mass is 234 g/mol. The van der Waals surface area contributed by atoms with Crippen LogP contribution < -0.4 is 10.6 Å². The van der Waals surface area contributed by atoms with Gasteiger partial charge >= 0.3 is 0 Å². The first kappa shape index (κ1) is 11.9. The number of hydrogen-bond acceptors (Lipinski definition) is 3. The van der Waals surface area contributed by atoms with Crippen molar-refractivity contribution in [2.24, 2.45) is 0 Å². The summed E-state index contributed by atoms with van der Waals surface area (Å²) in [6, 6.07) is 5.26. The van der Waals surface area contributed by atoms with E-state index in [1.54, 1.807) is 12.1 Å². The summed E-state index contributed by atoms with van der Waals surface area (Å²) in [7, 11) is 0. The van der Waals surface area contributed by atoms with Gasteiger partial charge in [0.05, 0.1) is 5.56 Å². The molecule has 4 nitrogen and oxygen atoms in total.